The Morgan fingerprint density at radius 1 is 1.12 bits per heavy atom. The highest BCUT2D eigenvalue weighted by Crippen LogP contribution is 2.25. The lowest BCUT2D eigenvalue weighted by molar-refractivity contribution is -0.114. The van der Waals surface area contributed by atoms with E-state index in [0.717, 1.165) is 0 Å². The van der Waals surface area contributed by atoms with Gasteiger partial charge in [-0.3, -0.25) is 9.59 Å². The van der Waals surface area contributed by atoms with Crippen LogP contribution in [-0.2, 0) is 4.79 Å². The average Bonchev–Trinajstić information content (AvgIpc) is 2.32. The number of Topliss-reactive ketones (excluding diaryl/α,β-unsaturated/α-hetero) is 1. The molecule has 0 unspecified atom stereocenters. The van der Waals surface area contributed by atoms with Gasteiger partial charge in [0.25, 0.3) is 5.78 Å². The van der Waals surface area contributed by atoms with Crippen LogP contribution in [0.25, 0.3) is 11.0 Å². The lowest BCUT2D eigenvalue weighted by atomic mass is 10.1. The molecule has 0 atom stereocenters. The van der Waals surface area contributed by atoms with Crippen LogP contribution in [0.3, 0.4) is 0 Å². The van der Waals surface area contributed by atoms with Crippen molar-refractivity contribution in [3.63, 3.8) is 0 Å². The highest BCUT2D eigenvalue weighted by atomic mass is 16.2. The number of azo groups is 1. The Labute approximate surface area is 89.0 Å². The van der Waals surface area contributed by atoms with Crippen LogP contribution in [0.4, 0.5) is 5.82 Å². The molecule has 3 heterocycles. The molecule has 0 bridgehead atoms. The number of hydrogen-bond donors (Lipinski definition) is 0. The molecule has 0 radical (unpaired) electrons. The van der Waals surface area contributed by atoms with E-state index >= 15 is 0 Å². The number of ketones is 1. The number of pyridine rings is 2. The van der Waals surface area contributed by atoms with Crippen molar-refractivity contribution in [1.29, 1.82) is 0 Å². The first-order valence-electron chi connectivity index (χ1n) is 4.52. The van der Waals surface area contributed by atoms with Gasteiger partial charge in [-0.05, 0) is 18.2 Å². The summed E-state index contributed by atoms with van der Waals surface area (Å²) in [6, 6.07) is 5.05. The van der Waals surface area contributed by atoms with Crippen molar-refractivity contribution in [2.24, 2.45) is 10.2 Å². The second-order valence-corrected chi connectivity index (χ2v) is 3.24. The molecule has 1 aliphatic rings. The molecule has 0 aromatic carbocycles. The van der Waals surface area contributed by atoms with E-state index in [9.17, 15) is 9.59 Å². The Morgan fingerprint density at radius 3 is 2.88 bits per heavy atom. The molecule has 0 saturated carbocycles. The number of aromatic nitrogens is 2. The average molecular weight is 212 g/mol. The van der Waals surface area contributed by atoms with Crippen molar-refractivity contribution in [3.8, 4) is 0 Å². The number of amides is 1. The minimum Gasteiger partial charge on any atom is -0.283 e. The van der Waals surface area contributed by atoms with Crippen molar-refractivity contribution in [2.75, 3.05) is 0 Å². The minimum absolute atomic E-state index is 0.149. The van der Waals surface area contributed by atoms with E-state index in [4.69, 9.17) is 0 Å². The van der Waals surface area contributed by atoms with Gasteiger partial charge in [-0.1, -0.05) is 0 Å². The topological polar surface area (TPSA) is 84.6 Å². The van der Waals surface area contributed by atoms with Crippen LogP contribution in [0.5, 0.6) is 0 Å². The van der Waals surface area contributed by atoms with E-state index in [2.05, 4.69) is 20.2 Å². The molecular formula is C10H4N4O2. The van der Waals surface area contributed by atoms with Gasteiger partial charge in [0.05, 0.1) is 5.56 Å². The molecule has 0 aliphatic carbocycles. The summed E-state index contributed by atoms with van der Waals surface area (Å²) in [6.45, 7) is 0. The normalized spacial score (nSPS) is 14.2. The van der Waals surface area contributed by atoms with Gasteiger partial charge in [-0.25, -0.2) is 9.97 Å². The number of carbonyl (C=O) groups is 2. The van der Waals surface area contributed by atoms with Gasteiger partial charge in [0.1, 0.15) is 0 Å². The van der Waals surface area contributed by atoms with E-state index in [1.54, 1.807) is 24.4 Å². The fourth-order valence-corrected chi connectivity index (χ4v) is 1.49. The summed E-state index contributed by atoms with van der Waals surface area (Å²) >= 11 is 0. The van der Waals surface area contributed by atoms with Gasteiger partial charge in [-0.2, -0.15) is 0 Å². The molecule has 0 saturated heterocycles. The van der Waals surface area contributed by atoms with Crippen LogP contribution in [0.15, 0.2) is 34.6 Å². The molecule has 76 valence electrons. The number of rotatable bonds is 0. The van der Waals surface area contributed by atoms with Crippen molar-refractivity contribution in [1.82, 2.24) is 9.97 Å². The Kier molecular flexibility index (Phi) is 1.64. The van der Waals surface area contributed by atoms with Gasteiger partial charge in [0, 0.05) is 11.6 Å². The monoisotopic (exact) mass is 212 g/mol. The standard InChI is InChI=1S/C10H4N4O2/c15-7-6-4-5-2-1-3-11-8(5)12-9(6)13-14-10(7)16/h1-4H. The number of carbonyl (C=O) groups excluding carboxylic acids is 2. The lowest BCUT2D eigenvalue weighted by Crippen LogP contribution is -2.15. The molecule has 0 fully saturated rings. The molecule has 6 heteroatoms. The zero-order chi connectivity index (χ0) is 11.1. The van der Waals surface area contributed by atoms with E-state index in [1.165, 1.54) is 0 Å². The van der Waals surface area contributed by atoms with Crippen LogP contribution in [0.2, 0.25) is 0 Å². The van der Waals surface area contributed by atoms with Gasteiger partial charge in [0.2, 0.25) is 0 Å². The third kappa shape index (κ3) is 1.13. The molecule has 1 amide bonds. The minimum atomic E-state index is -0.863. The van der Waals surface area contributed by atoms with Crippen LogP contribution in [0, 0.1) is 0 Å². The third-order valence-electron chi connectivity index (χ3n) is 2.24. The summed E-state index contributed by atoms with van der Waals surface area (Å²) in [6.07, 6.45) is 1.59. The summed E-state index contributed by atoms with van der Waals surface area (Å²) in [5.74, 6) is -1.39. The maximum Gasteiger partial charge on any atom is 0.336 e. The Morgan fingerprint density at radius 2 is 2.00 bits per heavy atom. The van der Waals surface area contributed by atoms with E-state index in [1.807, 2.05) is 0 Å². The fourth-order valence-electron chi connectivity index (χ4n) is 1.49. The van der Waals surface area contributed by atoms with Gasteiger partial charge < -0.3 is 0 Å². The molecular weight excluding hydrogens is 208 g/mol. The van der Waals surface area contributed by atoms with E-state index in [0.29, 0.717) is 11.0 Å². The van der Waals surface area contributed by atoms with Gasteiger partial charge in [0.15, 0.2) is 11.5 Å². The maximum atomic E-state index is 11.5. The Balaban J connectivity index is 2.37. The van der Waals surface area contributed by atoms with Crippen LogP contribution < -0.4 is 0 Å². The summed E-state index contributed by atoms with van der Waals surface area (Å²) in [5.41, 5.74) is 0.655. The number of fused-ring (bicyclic) bond motifs is 2. The lowest BCUT2D eigenvalue weighted by Gasteiger charge is -2.06. The summed E-state index contributed by atoms with van der Waals surface area (Å²) in [7, 11) is 0. The zero-order valence-electron chi connectivity index (χ0n) is 7.91. The van der Waals surface area contributed by atoms with Crippen molar-refractivity contribution >= 4 is 28.5 Å². The first-order valence-corrected chi connectivity index (χ1v) is 4.52. The highest BCUT2D eigenvalue weighted by Gasteiger charge is 2.25. The fraction of sp³-hybridized carbons (Fsp3) is 0. The van der Waals surface area contributed by atoms with Crippen molar-refractivity contribution in [2.45, 2.75) is 0 Å². The molecule has 3 rings (SSSR count). The predicted molar refractivity (Wildman–Crippen MR) is 53.4 cm³/mol. The molecule has 2 aromatic heterocycles. The quantitative estimate of drug-likeness (QED) is 0.618. The molecule has 0 N–H and O–H groups in total. The second kappa shape index (κ2) is 2.99. The van der Waals surface area contributed by atoms with Crippen LogP contribution in [-0.4, -0.2) is 21.7 Å². The van der Waals surface area contributed by atoms with Crippen LogP contribution in [0.1, 0.15) is 10.4 Å². The first-order chi connectivity index (χ1) is 7.75. The first kappa shape index (κ1) is 8.78. The molecule has 6 nitrogen and oxygen atoms in total. The van der Waals surface area contributed by atoms with Gasteiger partial charge >= 0.3 is 5.91 Å². The Bertz CT molecular complexity index is 663. The second-order valence-electron chi connectivity index (χ2n) is 3.24. The third-order valence-corrected chi connectivity index (χ3v) is 2.24. The van der Waals surface area contributed by atoms with E-state index < -0.39 is 11.7 Å². The number of hydrogen-bond acceptors (Lipinski definition) is 5. The summed E-state index contributed by atoms with van der Waals surface area (Å²) in [4.78, 5) is 30.6. The summed E-state index contributed by atoms with van der Waals surface area (Å²) in [5, 5.41) is 7.48. The molecule has 2 aromatic rings. The number of nitrogens with zero attached hydrogens (tertiary/aromatic N) is 4. The molecule has 1 aliphatic heterocycles. The smallest absolute Gasteiger partial charge is 0.283 e. The summed E-state index contributed by atoms with van der Waals surface area (Å²) < 4.78 is 0. The zero-order valence-corrected chi connectivity index (χ0v) is 7.91. The van der Waals surface area contributed by atoms with Crippen molar-refractivity contribution < 1.29 is 9.59 Å². The Hall–Kier alpha value is -2.50. The SMILES string of the molecule is O=C1N=Nc2nc3ncccc3cc2C1=O. The maximum absolute atomic E-state index is 11.5. The highest BCUT2D eigenvalue weighted by molar-refractivity contribution is 6.44. The van der Waals surface area contributed by atoms with Gasteiger partial charge in [-0.15, -0.1) is 10.2 Å². The predicted octanol–water partition coefficient (Wildman–Crippen LogP) is 1.44. The van der Waals surface area contributed by atoms with Crippen LogP contribution >= 0.6 is 0 Å². The van der Waals surface area contributed by atoms with Crippen molar-refractivity contribution in [3.05, 3.63) is 30.0 Å². The largest absolute Gasteiger partial charge is 0.336 e. The molecule has 0 spiro atoms. The van der Waals surface area contributed by atoms with E-state index in [-0.39, 0.29) is 11.4 Å². The molecule has 16 heavy (non-hydrogen) atoms.